The Bertz CT molecular complexity index is 810. The molecule has 4 aliphatic rings. The fourth-order valence-corrected chi connectivity index (χ4v) is 8.81. The van der Waals surface area contributed by atoms with Gasteiger partial charge in [0.2, 0.25) is 5.91 Å². The van der Waals surface area contributed by atoms with Gasteiger partial charge in [-0.2, -0.15) is 0 Å². The molecule has 5 nitrogen and oxygen atoms in total. The van der Waals surface area contributed by atoms with Gasteiger partial charge in [-0.15, -0.1) is 0 Å². The molecule has 36 heavy (non-hydrogen) atoms. The van der Waals surface area contributed by atoms with Gasteiger partial charge in [-0.3, -0.25) is 4.79 Å². The van der Waals surface area contributed by atoms with Crippen molar-refractivity contribution in [2.24, 2.45) is 34.5 Å². The number of rotatable bonds is 10. The van der Waals surface area contributed by atoms with Crippen LogP contribution in [0.2, 0.25) is 0 Å². The average molecular weight is 501 g/mol. The number of hydrogen-bond donors (Lipinski definition) is 2. The number of alkyl carbamates (subject to hydrolysis) is 1. The molecule has 0 aromatic rings. The Kier molecular flexibility index (Phi) is 9.09. The summed E-state index contributed by atoms with van der Waals surface area (Å²) in [6.07, 6.45) is 19.6. The number of carbonyl (C=O) groups excluding carboxylic acids is 2. The second-order valence-electron chi connectivity index (χ2n) is 12.8. The molecule has 7 atom stereocenters. The van der Waals surface area contributed by atoms with E-state index in [1.807, 2.05) is 6.92 Å². The van der Waals surface area contributed by atoms with E-state index in [-0.39, 0.29) is 23.5 Å². The van der Waals surface area contributed by atoms with E-state index < -0.39 is 0 Å². The van der Waals surface area contributed by atoms with E-state index in [1.165, 1.54) is 64.2 Å². The van der Waals surface area contributed by atoms with Gasteiger partial charge in [0.1, 0.15) is 6.10 Å². The fraction of sp³-hybridized carbons (Fsp3) is 0.871. The van der Waals surface area contributed by atoms with E-state index in [2.05, 4.69) is 37.5 Å². The van der Waals surface area contributed by atoms with Crippen LogP contribution in [0.25, 0.3) is 0 Å². The Balaban J connectivity index is 1.31. The summed E-state index contributed by atoms with van der Waals surface area (Å²) < 4.78 is 5.81. The molecule has 0 saturated heterocycles. The molecular formula is C31H52N2O3. The maximum Gasteiger partial charge on any atom is 0.407 e. The lowest BCUT2D eigenvalue weighted by Gasteiger charge is -2.58. The lowest BCUT2D eigenvalue weighted by atomic mass is 9.47. The van der Waals surface area contributed by atoms with E-state index in [4.69, 9.17) is 4.74 Å². The summed E-state index contributed by atoms with van der Waals surface area (Å²) in [5.74, 6) is 3.48. The summed E-state index contributed by atoms with van der Waals surface area (Å²) in [4.78, 5) is 23.7. The molecule has 2 N–H and O–H groups in total. The van der Waals surface area contributed by atoms with Crippen molar-refractivity contribution < 1.29 is 14.3 Å². The molecule has 2 amide bonds. The van der Waals surface area contributed by atoms with Gasteiger partial charge in [0.15, 0.2) is 0 Å². The highest BCUT2D eigenvalue weighted by atomic mass is 16.6. The van der Waals surface area contributed by atoms with Crippen LogP contribution >= 0.6 is 0 Å². The molecule has 0 heterocycles. The van der Waals surface area contributed by atoms with Crippen LogP contribution in [0.5, 0.6) is 0 Å². The van der Waals surface area contributed by atoms with Crippen LogP contribution in [-0.2, 0) is 9.53 Å². The van der Waals surface area contributed by atoms with Crippen LogP contribution in [0.1, 0.15) is 118 Å². The average Bonchev–Trinajstić information content (AvgIpc) is 3.20. The zero-order valence-corrected chi connectivity index (χ0v) is 23.5. The molecular weight excluding hydrogens is 448 g/mol. The molecule has 0 radical (unpaired) electrons. The van der Waals surface area contributed by atoms with Crippen molar-refractivity contribution in [3.8, 4) is 0 Å². The Labute approximate surface area is 220 Å². The molecule has 5 heteroatoms. The van der Waals surface area contributed by atoms with Crippen molar-refractivity contribution in [1.29, 1.82) is 0 Å². The normalized spacial score (nSPS) is 37.2. The van der Waals surface area contributed by atoms with Crippen LogP contribution in [0.4, 0.5) is 4.79 Å². The number of nitrogens with one attached hydrogen (secondary N) is 2. The number of hydrogen-bond acceptors (Lipinski definition) is 3. The summed E-state index contributed by atoms with van der Waals surface area (Å²) in [6.45, 7) is 10.2. The van der Waals surface area contributed by atoms with E-state index in [9.17, 15) is 9.59 Å². The SMILES string of the molecule is CCCCCC[C@H]1CCC2C3CC=C4CC(OC(=O)NCCNC(=O)CC)CCC4(C)C3CCC21C. The molecule has 3 saturated carbocycles. The van der Waals surface area contributed by atoms with Crippen LogP contribution in [0, 0.1) is 34.5 Å². The van der Waals surface area contributed by atoms with Crippen molar-refractivity contribution in [3.05, 3.63) is 11.6 Å². The minimum Gasteiger partial charge on any atom is -0.446 e. The first-order chi connectivity index (χ1) is 17.3. The van der Waals surface area contributed by atoms with Crippen molar-refractivity contribution >= 4 is 12.0 Å². The number of ether oxygens (including phenoxy) is 1. The predicted molar refractivity (Wildman–Crippen MR) is 146 cm³/mol. The Morgan fingerprint density at radius 2 is 1.78 bits per heavy atom. The summed E-state index contributed by atoms with van der Waals surface area (Å²) in [5.41, 5.74) is 2.40. The Morgan fingerprint density at radius 3 is 2.56 bits per heavy atom. The molecule has 0 spiro atoms. The Morgan fingerprint density at radius 1 is 0.972 bits per heavy atom. The minimum absolute atomic E-state index is 0.00222. The second kappa shape index (κ2) is 11.9. The monoisotopic (exact) mass is 500 g/mol. The van der Waals surface area contributed by atoms with Gasteiger partial charge in [-0.1, -0.05) is 65.0 Å². The highest BCUT2D eigenvalue weighted by molar-refractivity contribution is 5.75. The van der Waals surface area contributed by atoms with Gasteiger partial charge in [-0.05, 0) is 85.9 Å². The second-order valence-corrected chi connectivity index (χ2v) is 12.8. The molecule has 4 aliphatic carbocycles. The van der Waals surface area contributed by atoms with E-state index >= 15 is 0 Å². The third kappa shape index (κ3) is 5.65. The Hall–Kier alpha value is -1.52. The lowest BCUT2D eigenvalue weighted by molar-refractivity contribution is -0.120. The first-order valence-corrected chi connectivity index (χ1v) is 15.2. The highest BCUT2D eigenvalue weighted by Crippen LogP contribution is 2.66. The number of allylic oxidation sites excluding steroid dienone is 1. The molecule has 0 bridgehead atoms. The quantitative estimate of drug-likeness (QED) is 0.247. The van der Waals surface area contributed by atoms with Gasteiger partial charge in [-0.25, -0.2) is 4.79 Å². The van der Waals surface area contributed by atoms with Crippen molar-refractivity contribution in [1.82, 2.24) is 10.6 Å². The predicted octanol–water partition coefficient (Wildman–Crippen LogP) is 7.16. The van der Waals surface area contributed by atoms with Gasteiger partial charge < -0.3 is 15.4 Å². The maximum atomic E-state index is 12.3. The number of amides is 2. The number of unbranched alkanes of at least 4 members (excludes halogenated alkanes) is 3. The molecule has 204 valence electrons. The maximum absolute atomic E-state index is 12.3. The number of fused-ring (bicyclic) bond motifs is 5. The van der Waals surface area contributed by atoms with Gasteiger partial charge in [0.25, 0.3) is 0 Å². The summed E-state index contributed by atoms with van der Waals surface area (Å²) >= 11 is 0. The third-order valence-electron chi connectivity index (χ3n) is 11.0. The molecule has 0 aromatic carbocycles. The van der Waals surface area contributed by atoms with E-state index in [0.29, 0.717) is 24.9 Å². The van der Waals surface area contributed by atoms with E-state index in [1.54, 1.807) is 5.57 Å². The number of carbonyl (C=O) groups is 2. The molecule has 0 aliphatic heterocycles. The van der Waals surface area contributed by atoms with Gasteiger partial charge in [0.05, 0.1) is 0 Å². The van der Waals surface area contributed by atoms with Crippen molar-refractivity contribution in [2.45, 2.75) is 124 Å². The molecule has 0 aromatic heterocycles. The highest BCUT2D eigenvalue weighted by Gasteiger charge is 2.58. The van der Waals surface area contributed by atoms with E-state index in [0.717, 1.165) is 42.9 Å². The summed E-state index contributed by atoms with van der Waals surface area (Å²) in [7, 11) is 0. The van der Waals surface area contributed by atoms with Gasteiger partial charge in [0, 0.05) is 25.9 Å². The summed E-state index contributed by atoms with van der Waals surface area (Å²) in [5, 5.41) is 5.57. The smallest absolute Gasteiger partial charge is 0.407 e. The van der Waals surface area contributed by atoms with Crippen LogP contribution in [-0.4, -0.2) is 31.2 Å². The summed E-state index contributed by atoms with van der Waals surface area (Å²) in [6, 6.07) is 0. The molecule has 3 fully saturated rings. The zero-order valence-electron chi connectivity index (χ0n) is 23.5. The zero-order chi connectivity index (χ0) is 25.8. The third-order valence-corrected chi connectivity index (χ3v) is 11.0. The van der Waals surface area contributed by atoms with Crippen molar-refractivity contribution in [2.75, 3.05) is 13.1 Å². The van der Waals surface area contributed by atoms with Crippen LogP contribution < -0.4 is 10.6 Å². The fourth-order valence-electron chi connectivity index (χ4n) is 8.81. The lowest BCUT2D eigenvalue weighted by Crippen LogP contribution is -2.50. The first-order valence-electron chi connectivity index (χ1n) is 15.2. The minimum atomic E-state index is -0.354. The largest absolute Gasteiger partial charge is 0.446 e. The molecule has 6 unspecified atom stereocenters. The van der Waals surface area contributed by atoms with Crippen LogP contribution in [0.3, 0.4) is 0 Å². The molecule has 4 rings (SSSR count). The standard InChI is InChI=1S/C31H52N2O3/c1-5-7-8-9-10-22-12-14-26-25-13-11-23-21-24(36-29(35)33-20-19-32-28(34)6-2)15-17-31(23,4)27(25)16-18-30(22,26)3/h11,22,24-27H,5-10,12-21H2,1-4H3,(H,32,34)(H,33,35)/t22-,24?,25?,26?,27?,30?,31?/m0/s1. The van der Waals surface area contributed by atoms with Crippen LogP contribution in [0.15, 0.2) is 11.6 Å². The first kappa shape index (κ1) is 27.5. The van der Waals surface area contributed by atoms with Gasteiger partial charge >= 0.3 is 6.09 Å². The topological polar surface area (TPSA) is 67.4 Å². The van der Waals surface area contributed by atoms with Crippen molar-refractivity contribution in [3.63, 3.8) is 0 Å².